The van der Waals surface area contributed by atoms with Crippen molar-refractivity contribution in [1.82, 2.24) is 9.88 Å². The van der Waals surface area contributed by atoms with E-state index >= 15 is 0 Å². The number of rotatable bonds is 1. The Hall–Kier alpha value is -1.52. The van der Waals surface area contributed by atoms with Crippen LogP contribution in [0.1, 0.15) is 16.8 Å². The highest BCUT2D eigenvalue weighted by molar-refractivity contribution is 5.83. The number of hydrogen-bond acceptors (Lipinski definition) is 3. The van der Waals surface area contributed by atoms with E-state index in [2.05, 4.69) is 9.88 Å². The van der Waals surface area contributed by atoms with E-state index in [-0.39, 0.29) is 12.4 Å². The molecule has 0 atom stereocenters. The summed E-state index contributed by atoms with van der Waals surface area (Å²) in [7, 11) is 2.04. The molecule has 0 radical (unpaired) electrons. The molecular formula is C14H15FN2O. The molecule has 0 saturated carbocycles. The maximum atomic E-state index is 13.3. The van der Waals surface area contributed by atoms with Crippen LogP contribution in [0.4, 0.5) is 4.39 Å². The van der Waals surface area contributed by atoms with Gasteiger partial charge in [-0.15, -0.1) is 0 Å². The van der Waals surface area contributed by atoms with Gasteiger partial charge in [-0.3, -0.25) is 4.98 Å². The molecule has 94 valence electrons. The minimum atomic E-state index is -0.289. The van der Waals surface area contributed by atoms with E-state index in [4.69, 9.17) is 0 Å². The summed E-state index contributed by atoms with van der Waals surface area (Å²) in [4.78, 5) is 6.78. The molecule has 0 fully saturated rings. The number of aliphatic hydroxyl groups is 1. The molecule has 1 aliphatic heterocycles. The number of pyridine rings is 1. The van der Waals surface area contributed by atoms with Crippen molar-refractivity contribution in [3.05, 3.63) is 40.8 Å². The molecule has 0 amide bonds. The Balaban J connectivity index is 2.31. The fraction of sp³-hybridized carbons (Fsp3) is 0.357. The summed E-state index contributed by atoms with van der Waals surface area (Å²) in [5.74, 6) is -0.289. The van der Waals surface area contributed by atoms with Crippen LogP contribution in [-0.2, 0) is 19.6 Å². The van der Waals surface area contributed by atoms with Crippen molar-refractivity contribution in [3.8, 4) is 0 Å². The summed E-state index contributed by atoms with van der Waals surface area (Å²) in [5, 5.41) is 10.3. The predicted molar refractivity (Wildman–Crippen MR) is 67.7 cm³/mol. The van der Waals surface area contributed by atoms with Gasteiger partial charge in [0.2, 0.25) is 0 Å². The summed E-state index contributed by atoms with van der Waals surface area (Å²) in [6, 6.07) is 4.56. The first kappa shape index (κ1) is 11.6. The number of halogens is 1. The van der Waals surface area contributed by atoms with Crippen molar-refractivity contribution in [1.29, 1.82) is 0 Å². The van der Waals surface area contributed by atoms with Gasteiger partial charge in [0, 0.05) is 30.6 Å². The van der Waals surface area contributed by atoms with E-state index in [1.165, 1.54) is 12.1 Å². The second-order valence-electron chi connectivity index (χ2n) is 4.82. The van der Waals surface area contributed by atoms with Crippen LogP contribution in [-0.4, -0.2) is 28.6 Å². The van der Waals surface area contributed by atoms with Gasteiger partial charge in [0.1, 0.15) is 5.82 Å². The molecule has 4 heteroatoms. The Morgan fingerprint density at radius 1 is 1.44 bits per heavy atom. The van der Waals surface area contributed by atoms with Gasteiger partial charge in [0.15, 0.2) is 0 Å². The number of fused-ring (bicyclic) bond motifs is 2. The molecule has 1 aromatic carbocycles. The van der Waals surface area contributed by atoms with Crippen LogP contribution >= 0.6 is 0 Å². The lowest BCUT2D eigenvalue weighted by atomic mass is 9.96. The van der Waals surface area contributed by atoms with Crippen LogP contribution in [0.2, 0.25) is 0 Å². The lowest BCUT2D eigenvalue weighted by molar-refractivity contribution is 0.271. The quantitative estimate of drug-likeness (QED) is 0.834. The molecule has 2 aromatic rings. The summed E-state index contributed by atoms with van der Waals surface area (Å²) in [5.41, 5.74) is 3.69. The summed E-state index contributed by atoms with van der Waals surface area (Å²) in [6.07, 6.45) is 0.881. The molecule has 0 bridgehead atoms. The average molecular weight is 246 g/mol. The van der Waals surface area contributed by atoms with Crippen LogP contribution in [0.25, 0.3) is 10.9 Å². The van der Waals surface area contributed by atoms with Crippen molar-refractivity contribution in [3.63, 3.8) is 0 Å². The highest BCUT2D eigenvalue weighted by Gasteiger charge is 2.20. The van der Waals surface area contributed by atoms with Gasteiger partial charge in [0.05, 0.1) is 12.1 Å². The smallest absolute Gasteiger partial charge is 0.123 e. The lowest BCUT2D eigenvalue weighted by Crippen LogP contribution is -2.28. The van der Waals surface area contributed by atoms with E-state index in [9.17, 15) is 9.50 Å². The van der Waals surface area contributed by atoms with Crippen molar-refractivity contribution in [2.45, 2.75) is 19.6 Å². The van der Waals surface area contributed by atoms with Crippen LogP contribution in [0.5, 0.6) is 0 Å². The first-order chi connectivity index (χ1) is 8.69. The van der Waals surface area contributed by atoms with Crippen molar-refractivity contribution < 1.29 is 9.50 Å². The predicted octanol–water partition coefficient (Wildman–Crippen LogP) is 1.85. The van der Waals surface area contributed by atoms with Crippen molar-refractivity contribution in [2.75, 3.05) is 13.6 Å². The molecule has 3 nitrogen and oxygen atoms in total. The number of nitrogens with zero attached hydrogens (tertiary/aromatic N) is 2. The van der Waals surface area contributed by atoms with Crippen LogP contribution in [0.3, 0.4) is 0 Å². The maximum absolute atomic E-state index is 13.3. The van der Waals surface area contributed by atoms with Gasteiger partial charge in [-0.05, 0) is 36.4 Å². The molecule has 2 heterocycles. The van der Waals surface area contributed by atoms with Gasteiger partial charge < -0.3 is 10.0 Å². The molecule has 0 aliphatic carbocycles. The Labute approximate surface area is 105 Å². The number of aromatic nitrogens is 1. The minimum Gasteiger partial charge on any atom is -0.392 e. The van der Waals surface area contributed by atoms with E-state index in [1.807, 2.05) is 7.05 Å². The van der Waals surface area contributed by atoms with E-state index in [1.54, 1.807) is 6.07 Å². The second-order valence-corrected chi connectivity index (χ2v) is 4.82. The monoisotopic (exact) mass is 246 g/mol. The highest BCUT2D eigenvalue weighted by atomic mass is 19.1. The van der Waals surface area contributed by atoms with Gasteiger partial charge in [0.25, 0.3) is 0 Å². The first-order valence-corrected chi connectivity index (χ1v) is 6.08. The minimum absolute atomic E-state index is 0.0708. The largest absolute Gasteiger partial charge is 0.392 e. The SMILES string of the molecule is CN1CCc2nc3ccc(F)cc3c(CO)c2C1. The Bertz CT molecular complexity index is 612. The number of aliphatic hydroxyl groups excluding tert-OH is 1. The lowest BCUT2D eigenvalue weighted by Gasteiger charge is -2.26. The average Bonchev–Trinajstić information content (AvgIpc) is 2.36. The van der Waals surface area contributed by atoms with Crippen molar-refractivity contribution >= 4 is 10.9 Å². The van der Waals surface area contributed by atoms with E-state index in [0.29, 0.717) is 0 Å². The normalized spacial score (nSPS) is 15.9. The number of benzene rings is 1. The first-order valence-electron chi connectivity index (χ1n) is 6.08. The van der Waals surface area contributed by atoms with Gasteiger partial charge in [-0.25, -0.2) is 4.39 Å². The van der Waals surface area contributed by atoms with E-state index < -0.39 is 0 Å². The maximum Gasteiger partial charge on any atom is 0.123 e. The molecule has 3 rings (SSSR count). The van der Waals surface area contributed by atoms with E-state index in [0.717, 1.165) is 47.2 Å². The standard InChI is InChI=1S/C14H15FN2O/c1-17-5-4-14-11(7-17)12(8-18)10-6-9(15)2-3-13(10)16-14/h2-3,6,18H,4-5,7-8H2,1H3. The Kier molecular flexibility index (Phi) is 2.76. The summed E-state index contributed by atoms with van der Waals surface area (Å²) >= 11 is 0. The second kappa shape index (κ2) is 4.30. The molecule has 0 unspecified atom stereocenters. The number of hydrogen-bond donors (Lipinski definition) is 1. The molecule has 0 spiro atoms. The molecule has 1 aromatic heterocycles. The van der Waals surface area contributed by atoms with Gasteiger partial charge in [-0.2, -0.15) is 0 Å². The Morgan fingerprint density at radius 3 is 3.06 bits per heavy atom. The fourth-order valence-electron chi connectivity index (χ4n) is 2.62. The third-order valence-corrected chi connectivity index (χ3v) is 3.57. The zero-order chi connectivity index (χ0) is 12.7. The molecule has 1 aliphatic rings. The van der Waals surface area contributed by atoms with Crippen LogP contribution in [0, 0.1) is 5.82 Å². The van der Waals surface area contributed by atoms with Gasteiger partial charge in [-0.1, -0.05) is 0 Å². The van der Waals surface area contributed by atoms with Crippen molar-refractivity contribution in [2.24, 2.45) is 0 Å². The molecular weight excluding hydrogens is 231 g/mol. The third kappa shape index (κ3) is 1.78. The number of likely N-dealkylation sites (N-methyl/N-ethyl adjacent to an activating group) is 1. The summed E-state index contributed by atoms with van der Waals surface area (Å²) in [6.45, 7) is 1.67. The molecule has 18 heavy (non-hydrogen) atoms. The molecule has 0 saturated heterocycles. The molecule has 1 N–H and O–H groups in total. The fourth-order valence-corrected chi connectivity index (χ4v) is 2.62. The topological polar surface area (TPSA) is 36.4 Å². The zero-order valence-corrected chi connectivity index (χ0v) is 10.3. The van der Waals surface area contributed by atoms with Crippen LogP contribution < -0.4 is 0 Å². The van der Waals surface area contributed by atoms with Gasteiger partial charge >= 0.3 is 0 Å². The third-order valence-electron chi connectivity index (χ3n) is 3.57. The Morgan fingerprint density at radius 2 is 2.28 bits per heavy atom. The highest BCUT2D eigenvalue weighted by Crippen LogP contribution is 2.28. The van der Waals surface area contributed by atoms with Crippen LogP contribution in [0.15, 0.2) is 18.2 Å². The summed E-state index contributed by atoms with van der Waals surface area (Å²) < 4.78 is 13.3. The zero-order valence-electron chi connectivity index (χ0n) is 10.3.